The molecule has 0 aliphatic carbocycles. The molecule has 0 bridgehead atoms. The summed E-state index contributed by atoms with van der Waals surface area (Å²) in [6, 6.07) is 0. The molecule has 118 valence electrons. The van der Waals surface area contributed by atoms with Crippen molar-refractivity contribution in [1.29, 1.82) is 0 Å². The zero-order valence-electron chi connectivity index (χ0n) is 12.8. The summed E-state index contributed by atoms with van der Waals surface area (Å²) in [7, 11) is 0. The lowest BCUT2D eigenvalue weighted by molar-refractivity contribution is -0.0350. The highest BCUT2D eigenvalue weighted by molar-refractivity contribution is 4.94. The Hall–Kier alpha value is -1.02. The standard InChI is InChI=1S/C14H25N5O2/c1-2-5-18-8-9-20-12(10-18)14-16-13(21-17-14)11-19-6-3-15-4-7-19/h12,15H,2-11H2,1H3. The van der Waals surface area contributed by atoms with Crippen LogP contribution in [-0.2, 0) is 11.3 Å². The number of ether oxygens (including phenoxy) is 1. The van der Waals surface area contributed by atoms with E-state index in [9.17, 15) is 0 Å². The number of piperazine rings is 1. The third-order valence-corrected chi connectivity index (χ3v) is 4.03. The molecule has 0 aromatic carbocycles. The average Bonchev–Trinajstić information content (AvgIpc) is 2.97. The van der Waals surface area contributed by atoms with Crippen LogP contribution >= 0.6 is 0 Å². The summed E-state index contributed by atoms with van der Waals surface area (Å²) in [4.78, 5) is 9.27. The maximum absolute atomic E-state index is 5.79. The van der Waals surface area contributed by atoms with E-state index in [1.165, 1.54) is 0 Å². The highest BCUT2D eigenvalue weighted by Gasteiger charge is 2.26. The van der Waals surface area contributed by atoms with Crippen LogP contribution in [0.3, 0.4) is 0 Å². The van der Waals surface area contributed by atoms with E-state index in [1.54, 1.807) is 0 Å². The Morgan fingerprint density at radius 2 is 2.10 bits per heavy atom. The molecule has 3 rings (SSSR count). The Balaban J connectivity index is 1.56. The van der Waals surface area contributed by atoms with Crippen molar-refractivity contribution >= 4 is 0 Å². The number of morpholine rings is 1. The fourth-order valence-electron chi connectivity index (χ4n) is 2.90. The normalized spacial score (nSPS) is 25.3. The summed E-state index contributed by atoms with van der Waals surface area (Å²) < 4.78 is 11.2. The predicted molar refractivity (Wildman–Crippen MR) is 77.9 cm³/mol. The van der Waals surface area contributed by atoms with Crippen LogP contribution in [0.4, 0.5) is 0 Å². The lowest BCUT2D eigenvalue weighted by Gasteiger charge is -2.30. The Labute approximate surface area is 125 Å². The summed E-state index contributed by atoms with van der Waals surface area (Å²) in [5.41, 5.74) is 0. The van der Waals surface area contributed by atoms with Crippen LogP contribution in [0.5, 0.6) is 0 Å². The first-order valence-electron chi connectivity index (χ1n) is 7.94. The van der Waals surface area contributed by atoms with Crippen molar-refractivity contribution in [3.63, 3.8) is 0 Å². The van der Waals surface area contributed by atoms with E-state index in [1.807, 2.05) is 0 Å². The van der Waals surface area contributed by atoms with Gasteiger partial charge < -0.3 is 14.6 Å². The van der Waals surface area contributed by atoms with Crippen molar-refractivity contribution in [1.82, 2.24) is 25.3 Å². The first-order chi connectivity index (χ1) is 10.3. The monoisotopic (exact) mass is 295 g/mol. The van der Waals surface area contributed by atoms with E-state index < -0.39 is 0 Å². The number of nitrogens with zero attached hydrogens (tertiary/aromatic N) is 4. The van der Waals surface area contributed by atoms with Gasteiger partial charge in [0.15, 0.2) is 0 Å². The Bertz CT molecular complexity index is 431. The van der Waals surface area contributed by atoms with Gasteiger partial charge in [-0.05, 0) is 13.0 Å². The molecule has 1 unspecified atom stereocenters. The molecule has 7 heteroatoms. The molecule has 2 saturated heterocycles. The molecule has 1 atom stereocenters. The molecular formula is C14H25N5O2. The van der Waals surface area contributed by atoms with Crippen LogP contribution in [0.1, 0.15) is 31.2 Å². The highest BCUT2D eigenvalue weighted by atomic mass is 16.5. The second kappa shape index (κ2) is 7.31. The number of aromatic nitrogens is 2. The summed E-state index contributed by atoms with van der Waals surface area (Å²) in [6.45, 7) is 10.7. The summed E-state index contributed by atoms with van der Waals surface area (Å²) >= 11 is 0. The topological polar surface area (TPSA) is 66.7 Å². The van der Waals surface area contributed by atoms with Crippen molar-refractivity contribution in [2.24, 2.45) is 0 Å². The van der Waals surface area contributed by atoms with Crippen molar-refractivity contribution in [3.05, 3.63) is 11.7 Å². The van der Waals surface area contributed by atoms with Crippen LogP contribution in [0, 0.1) is 0 Å². The minimum absolute atomic E-state index is 0.0502. The van der Waals surface area contributed by atoms with E-state index >= 15 is 0 Å². The zero-order valence-corrected chi connectivity index (χ0v) is 12.8. The third kappa shape index (κ3) is 4.00. The molecular weight excluding hydrogens is 270 g/mol. The van der Waals surface area contributed by atoms with Gasteiger partial charge in [0.1, 0.15) is 6.10 Å². The minimum atomic E-state index is -0.0502. The van der Waals surface area contributed by atoms with Gasteiger partial charge in [-0.25, -0.2) is 0 Å². The molecule has 3 heterocycles. The first kappa shape index (κ1) is 14.9. The minimum Gasteiger partial charge on any atom is -0.367 e. The first-order valence-corrected chi connectivity index (χ1v) is 7.94. The molecule has 0 amide bonds. The van der Waals surface area contributed by atoms with Gasteiger partial charge in [-0.1, -0.05) is 12.1 Å². The van der Waals surface area contributed by atoms with Gasteiger partial charge in [-0.2, -0.15) is 4.98 Å². The van der Waals surface area contributed by atoms with E-state index in [0.29, 0.717) is 11.7 Å². The molecule has 7 nitrogen and oxygen atoms in total. The molecule has 2 aliphatic rings. The van der Waals surface area contributed by atoms with Crippen molar-refractivity contribution < 1.29 is 9.26 Å². The van der Waals surface area contributed by atoms with Crippen molar-refractivity contribution in [2.75, 3.05) is 52.4 Å². The van der Waals surface area contributed by atoms with Gasteiger partial charge in [0.25, 0.3) is 0 Å². The molecule has 0 radical (unpaired) electrons. The Morgan fingerprint density at radius 1 is 1.24 bits per heavy atom. The maximum Gasteiger partial charge on any atom is 0.240 e. The molecule has 1 aromatic rings. The quantitative estimate of drug-likeness (QED) is 0.835. The van der Waals surface area contributed by atoms with E-state index in [0.717, 1.165) is 65.4 Å². The van der Waals surface area contributed by atoms with Gasteiger partial charge in [0.2, 0.25) is 11.7 Å². The number of hydrogen-bond donors (Lipinski definition) is 1. The lowest BCUT2D eigenvalue weighted by Crippen LogP contribution is -2.43. The largest absolute Gasteiger partial charge is 0.367 e. The molecule has 0 saturated carbocycles. The van der Waals surface area contributed by atoms with E-state index in [-0.39, 0.29) is 6.10 Å². The predicted octanol–water partition coefficient (Wildman–Crippen LogP) is 0.258. The van der Waals surface area contributed by atoms with E-state index in [2.05, 4.69) is 32.2 Å². The Morgan fingerprint density at radius 3 is 2.90 bits per heavy atom. The Kier molecular flexibility index (Phi) is 5.18. The third-order valence-electron chi connectivity index (χ3n) is 4.03. The molecule has 2 fully saturated rings. The second-order valence-corrected chi connectivity index (χ2v) is 5.73. The summed E-state index contributed by atoms with van der Waals surface area (Å²) in [5, 5.41) is 7.46. The lowest BCUT2D eigenvalue weighted by atomic mass is 10.2. The molecule has 1 N–H and O–H groups in total. The maximum atomic E-state index is 5.79. The van der Waals surface area contributed by atoms with Crippen LogP contribution in [-0.4, -0.2) is 72.4 Å². The summed E-state index contributed by atoms with van der Waals surface area (Å²) in [6.07, 6.45) is 1.11. The molecule has 0 spiro atoms. The average molecular weight is 295 g/mol. The smallest absolute Gasteiger partial charge is 0.240 e. The van der Waals surface area contributed by atoms with Crippen molar-refractivity contribution in [2.45, 2.75) is 26.0 Å². The van der Waals surface area contributed by atoms with Gasteiger partial charge in [-0.3, -0.25) is 9.80 Å². The summed E-state index contributed by atoms with van der Waals surface area (Å²) in [5.74, 6) is 1.39. The fourth-order valence-corrected chi connectivity index (χ4v) is 2.90. The van der Waals surface area contributed by atoms with Gasteiger partial charge in [0, 0.05) is 39.3 Å². The fraction of sp³-hybridized carbons (Fsp3) is 0.857. The highest BCUT2D eigenvalue weighted by Crippen LogP contribution is 2.20. The van der Waals surface area contributed by atoms with Crippen LogP contribution in [0.15, 0.2) is 4.52 Å². The van der Waals surface area contributed by atoms with Gasteiger partial charge in [0.05, 0.1) is 13.2 Å². The molecule has 1 aromatic heterocycles. The second-order valence-electron chi connectivity index (χ2n) is 5.73. The molecule has 21 heavy (non-hydrogen) atoms. The van der Waals surface area contributed by atoms with Crippen LogP contribution in [0.25, 0.3) is 0 Å². The van der Waals surface area contributed by atoms with Gasteiger partial charge in [-0.15, -0.1) is 0 Å². The molecule has 2 aliphatic heterocycles. The SMILES string of the molecule is CCCN1CCOC(c2noc(CN3CCNCC3)n2)C1. The number of hydrogen-bond acceptors (Lipinski definition) is 7. The van der Waals surface area contributed by atoms with E-state index in [4.69, 9.17) is 9.26 Å². The van der Waals surface area contributed by atoms with Crippen molar-refractivity contribution in [3.8, 4) is 0 Å². The number of rotatable bonds is 5. The number of nitrogens with one attached hydrogen (secondary N) is 1. The van der Waals surface area contributed by atoms with Crippen LogP contribution < -0.4 is 5.32 Å². The van der Waals surface area contributed by atoms with Crippen LogP contribution in [0.2, 0.25) is 0 Å². The zero-order chi connectivity index (χ0) is 14.5. The van der Waals surface area contributed by atoms with Gasteiger partial charge >= 0.3 is 0 Å².